The van der Waals surface area contributed by atoms with Crippen LogP contribution in [0.15, 0.2) is 24.3 Å². The van der Waals surface area contributed by atoms with Crippen LogP contribution in [0.2, 0.25) is 0 Å². The van der Waals surface area contributed by atoms with Gasteiger partial charge in [-0.05, 0) is 31.4 Å². The second kappa shape index (κ2) is 7.89. The molecular weight excluding hydrogens is 390 g/mol. The first-order chi connectivity index (χ1) is 14.4. The zero-order chi connectivity index (χ0) is 21.3. The maximum atomic E-state index is 12.6. The fourth-order valence-electron chi connectivity index (χ4n) is 4.31. The number of carbonyl (C=O) groups excluding carboxylic acids is 5. The van der Waals surface area contributed by atoms with Crippen LogP contribution in [0.5, 0.6) is 0 Å². The van der Waals surface area contributed by atoms with E-state index in [1.807, 2.05) is 0 Å². The molecule has 1 saturated carbocycles. The van der Waals surface area contributed by atoms with Crippen molar-refractivity contribution < 1.29 is 28.7 Å². The summed E-state index contributed by atoms with van der Waals surface area (Å²) in [6.07, 6.45) is 4.09. The SMILES string of the molecule is O=C(CN1C(=O)NC2(CCCC2)C1=O)OCC(=O)c1cccc(N2CCCC2=O)c1. The Kier molecular flexibility index (Phi) is 5.27. The van der Waals surface area contributed by atoms with Gasteiger partial charge in [0.05, 0.1) is 0 Å². The molecule has 9 nitrogen and oxygen atoms in total. The standard InChI is InChI=1S/C21H23N3O6/c25-16(14-5-3-6-15(11-14)23-10-4-7-17(23)26)13-30-18(27)12-24-19(28)21(22-20(24)29)8-1-2-9-21/h3,5-6,11H,1-2,4,7-10,12-13H2,(H,22,29). The van der Waals surface area contributed by atoms with Gasteiger partial charge in [-0.3, -0.25) is 24.1 Å². The number of carbonyl (C=O) groups is 5. The van der Waals surface area contributed by atoms with E-state index >= 15 is 0 Å². The van der Waals surface area contributed by atoms with Crippen molar-refractivity contribution in [2.24, 2.45) is 0 Å². The molecule has 1 N–H and O–H groups in total. The number of nitrogens with one attached hydrogen (secondary N) is 1. The maximum Gasteiger partial charge on any atom is 0.326 e. The highest BCUT2D eigenvalue weighted by Gasteiger charge is 2.52. The number of nitrogens with zero attached hydrogens (tertiary/aromatic N) is 2. The number of hydrogen-bond donors (Lipinski definition) is 1. The third-order valence-corrected chi connectivity index (χ3v) is 5.91. The van der Waals surface area contributed by atoms with Crippen LogP contribution in [0.3, 0.4) is 0 Å². The molecule has 158 valence electrons. The molecule has 1 spiro atoms. The van der Waals surface area contributed by atoms with E-state index in [1.54, 1.807) is 29.2 Å². The van der Waals surface area contributed by atoms with Gasteiger partial charge >= 0.3 is 12.0 Å². The number of hydrogen-bond acceptors (Lipinski definition) is 6. The first kappa shape index (κ1) is 20.1. The van der Waals surface area contributed by atoms with Gasteiger partial charge in [0.15, 0.2) is 12.4 Å². The third-order valence-electron chi connectivity index (χ3n) is 5.91. The van der Waals surface area contributed by atoms with E-state index in [1.165, 1.54) is 0 Å². The Morgan fingerprint density at radius 2 is 1.87 bits per heavy atom. The predicted molar refractivity (Wildman–Crippen MR) is 105 cm³/mol. The number of esters is 1. The Morgan fingerprint density at radius 1 is 1.10 bits per heavy atom. The number of imide groups is 1. The molecule has 0 unspecified atom stereocenters. The van der Waals surface area contributed by atoms with Crippen molar-refractivity contribution in [2.45, 2.75) is 44.1 Å². The molecular formula is C21H23N3O6. The molecule has 4 amide bonds. The lowest BCUT2D eigenvalue weighted by atomic mass is 9.98. The second-order valence-electron chi connectivity index (χ2n) is 7.89. The van der Waals surface area contributed by atoms with E-state index in [2.05, 4.69) is 5.32 Å². The highest BCUT2D eigenvalue weighted by molar-refractivity contribution is 6.09. The molecule has 1 aromatic rings. The molecule has 0 bridgehead atoms. The number of ketones is 1. The summed E-state index contributed by atoms with van der Waals surface area (Å²) >= 11 is 0. The minimum absolute atomic E-state index is 0.0135. The summed E-state index contributed by atoms with van der Waals surface area (Å²) in [5.41, 5.74) is 0.0662. The average molecular weight is 413 g/mol. The monoisotopic (exact) mass is 413 g/mol. The van der Waals surface area contributed by atoms with E-state index in [-0.39, 0.29) is 5.91 Å². The number of amides is 4. The van der Waals surface area contributed by atoms with Crippen LogP contribution in [0.25, 0.3) is 0 Å². The fraction of sp³-hybridized carbons (Fsp3) is 0.476. The molecule has 3 aliphatic rings. The summed E-state index contributed by atoms with van der Waals surface area (Å²) in [6.45, 7) is -0.425. The number of Topliss-reactive ketones (excluding diaryl/α,β-unsaturated/α-hetero) is 1. The Labute approximate surface area is 173 Å². The van der Waals surface area contributed by atoms with Crippen molar-refractivity contribution in [1.82, 2.24) is 10.2 Å². The van der Waals surface area contributed by atoms with E-state index < -0.39 is 42.4 Å². The lowest BCUT2D eigenvalue weighted by Crippen LogP contribution is -2.44. The van der Waals surface area contributed by atoms with Crippen molar-refractivity contribution >= 4 is 35.3 Å². The predicted octanol–water partition coefficient (Wildman–Crippen LogP) is 1.40. The zero-order valence-electron chi connectivity index (χ0n) is 16.5. The highest BCUT2D eigenvalue weighted by atomic mass is 16.5. The van der Waals surface area contributed by atoms with Crippen LogP contribution in [0, 0.1) is 0 Å². The quantitative estimate of drug-likeness (QED) is 0.429. The van der Waals surface area contributed by atoms with Crippen LogP contribution in [0.1, 0.15) is 48.9 Å². The smallest absolute Gasteiger partial charge is 0.326 e. The number of anilines is 1. The summed E-state index contributed by atoms with van der Waals surface area (Å²) in [5, 5.41) is 2.69. The Morgan fingerprint density at radius 3 is 2.57 bits per heavy atom. The fourth-order valence-corrected chi connectivity index (χ4v) is 4.31. The van der Waals surface area contributed by atoms with Crippen molar-refractivity contribution in [3.8, 4) is 0 Å². The first-order valence-corrected chi connectivity index (χ1v) is 10.1. The van der Waals surface area contributed by atoms with E-state index in [9.17, 15) is 24.0 Å². The van der Waals surface area contributed by atoms with Gasteiger partial charge in [-0.1, -0.05) is 25.0 Å². The van der Waals surface area contributed by atoms with Crippen molar-refractivity contribution in [3.05, 3.63) is 29.8 Å². The molecule has 9 heteroatoms. The molecule has 0 aromatic heterocycles. The Balaban J connectivity index is 1.33. The lowest BCUT2D eigenvalue weighted by Gasteiger charge is -2.19. The molecule has 0 atom stereocenters. The van der Waals surface area contributed by atoms with E-state index in [4.69, 9.17) is 4.74 Å². The van der Waals surface area contributed by atoms with Gasteiger partial charge in [-0.25, -0.2) is 4.79 Å². The summed E-state index contributed by atoms with van der Waals surface area (Å²) in [4.78, 5) is 63.6. The number of benzene rings is 1. The van der Waals surface area contributed by atoms with E-state index in [0.29, 0.717) is 37.1 Å². The summed E-state index contributed by atoms with van der Waals surface area (Å²) in [6, 6.07) is 6.00. The van der Waals surface area contributed by atoms with E-state index in [0.717, 1.165) is 24.2 Å². The zero-order valence-corrected chi connectivity index (χ0v) is 16.5. The molecule has 2 heterocycles. The number of rotatable bonds is 6. The van der Waals surface area contributed by atoms with Gasteiger partial charge in [0, 0.05) is 24.2 Å². The highest BCUT2D eigenvalue weighted by Crippen LogP contribution is 2.34. The summed E-state index contributed by atoms with van der Waals surface area (Å²) in [7, 11) is 0. The third kappa shape index (κ3) is 3.67. The molecule has 2 saturated heterocycles. The summed E-state index contributed by atoms with van der Waals surface area (Å²) in [5.74, 6) is -1.65. The molecule has 2 aliphatic heterocycles. The first-order valence-electron chi connectivity index (χ1n) is 10.1. The Hall–Kier alpha value is -3.23. The van der Waals surface area contributed by atoms with Crippen molar-refractivity contribution in [3.63, 3.8) is 0 Å². The molecule has 1 aliphatic carbocycles. The Bertz CT molecular complexity index is 921. The van der Waals surface area contributed by atoms with Crippen molar-refractivity contribution in [1.29, 1.82) is 0 Å². The van der Waals surface area contributed by atoms with Gasteiger partial charge in [0.25, 0.3) is 5.91 Å². The average Bonchev–Trinajstić information content (AvgIpc) is 3.43. The molecule has 4 rings (SSSR count). The molecule has 3 fully saturated rings. The van der Waals surface area contributed by atoms with Crippen LogP contribution >= 0.6 is 0 Å². The van der Waals surface area contributed by atoms with Gasteiger partial charge in [0.2, 0.25) is 5.91 Å². The largest absolute Gasteiger partial charge is 0.456 e. The number of ether oxygens (including phenoxy) is 1. The van der Waals surface area contributed by atoms with Crippen LogP contribution in [-0.4, -0.2) is 59.7 Å². The van der Waals surface area contributed by atoms with Gasteiger partial charge in [-0.15, -0.1) is 0 Å². The van der Waals surface area contributed by atoms with Crippen LogP contribution < -0.4 is 10.2 Å². The van der Waals surface area contributed by atoms with Gasteiger partial charge in [-0.2, -0.15) is 0 Å². The second-order valence-corrected chi connectivity index (χ2v) is 7.89. The molecule has 30 heavy (non-hydrogen) atoms. The topological polar surface area (TPSA) is 113 Å². The van der Waals surface area contributed by atoms with Crippen LogP contribution in [0.4, 0.5) is 10.5 Å². The van der Waals surface area contributed by atoms with Gasteiger partial charge in [0.1, 0.15) is 12.1 Å². The summed E-state index contributed by atoms with van der Waals surface area (Å²) < 4.78 is 5.01. The van der Waals surface area contributed by atoms with Crippen molar-refractivity contribution in [2.75, 3.05) is 24.6 Å². The van der Waals surface area contributed by atoms with Gasteiger partial charge < -0.3 is 15.0 Å². The number of urea groups is 1. The normalized spacial score (nSPS) is 20.2. The molecule has 1 aromatic carbocycles. The minimum Gasteiger partial charge on any atom is -0.456 e. The maximum absolute atomic E-state index is 12.6. The van der Waals surface area contributed by atoms with Crippen LogP contribution in [-0.2, 0) is 19.1 Å². The lowest BCUT2D eigenvalue weighted by molar-refractivity contribution is -0.146. The molecule has 0 radical (unpaired) electrons. The minimum atomic E-state index is -0.888.